The Balaban J connectivity index is 2.03. The van der Waals surface area contributed by atoms with Gasteiger partial charge in [0.25, 0.3) is 0 Å². The highest BCUT2D eigenvalue weighted by Gasteiger charge is 2.22. The van der Waals surface area contributed by atoms with Gasteiger partial charge in [0, 0.05) is 24.2 Å². The Morgan fingerprint density at radius 1 is 1.21 bits per heavy atom. The number of rotatable bonds is 7. The summed E-state index contributed by atoms with van der Waals surface area (Å²) in [4.78, 5) is 26.5. The molecule has 7 nitrogen and oxygen atoms in total. The number of aromatic nitrogens is 1. The predicted molar refractivity (Wildman–Crippen MR) is 112 cm³/mol. The second kappa shape index (κ2) is 9.58. The van der Waals surface area contributed by atoms with Gasteiger partial charge in [-0.2, -0.15) is 0 Å². The van der Waals surface area contributed by atoms with Crippen LogP contribution in [0, 0.1) is 13.8 Å². The maximum atomic E-state index is 12.5. The van der Waals surface area contributed by atoms with Gasteiger partial charge in [-0.3, -0.25) is 4.79 Å². The van der Waals surface area contributed by atoms with Gasteiger partial charge in [0.15, 0.2) is 0 Å². The molecule has 0 aliphatic heterocycles. The molecule has 0 fully saturated rings. The Morgan fingerprint density at radius 3 is 2.48 bits per heavy atom. The lowest BCUT2D eigenvalue weighted by Crippen LogP contribution is -2.36. The van der Waals surface area contributed by atoms with Crippen LogP contribution in [0.15, 0.2) is 28.8 Å². The first-order valence-corrected chi connectivity index (χ1v) is 9.88. The van der Waals surface area contributed by atoms with Crippen LogP contribution in [-0.2, 0) is 22.5 Å². The molecule has 2 amide bonds. The summed E-state index contributed by atoms with van der Waals surface area (Å²) in [5.41, 5.74) is 2.77. The van der Waals surface area contributed by atoms with Crippen LogP contribution in [-0.4, -0.2) is 34.2 Å². The number of carbonyl (C=O) groups excluding carboxylic acids is 2. The molecular weight excluding hydrogens is 370 g/mol. The standard InChI is InChI=1S/C22H31N3O4/c1-7-25(21(27)28-22(4,5)6)14-17-10-8-9-11-19(17)23-20(26)13-12-18-15(2)24-29-16(18)3/h8-11H,7,12-14H2,1-6H3,(H,23,26). The van der Waals surface area contributed by atoms with Crippen molar-refractivity contribution in [3.05, 3.63) is 46.8 Å². The normalized spacial score (nSPS) is 11.2. The van der Waals surface area contributed by atoms with E-state index in [1.54, 1.807) is 4.90 Å². The van der Waals surface area contributed by atoms with Crippen molar-refractivity contribution in [2.75, 3.05) is 11.9 Å². The van der Waals surface area contributed by atoms with Gasteiger partial charge < -0.3 is 19.5 Å². The zero-order valence-electron chi connectivity index (χ0n) is 18.2. The molecule has 0 saturated carbocycles. The summed E-state index contributed by atoms with van der Waals surface area (Å²) in [7, 11) is 0. The van der Waals surface area contributed by atoms with Crippen LogP contribution in [0.2, 0.25) is 0 Å². The van der Waals surface area contributed by atoms with E-state index in [4.69, 9.17) is 9.26 Å². The molecule has 0 unspecified atom stereocenters. The van der Waals surface area contributed by atoms with Crippen LogP contribution in [0.3, 0.4) is 0 Å². The molecule has 0 atom stereocenters. The molecule has 7 heteroatoms. The third kappa shape index (κ3) is 6.62. The topological polar surface area (TPSA) is 84.7 Å². The van der Waals surface area contributed by atoms with Gasteiger partial charge in [0.05, 0.1) is 12.2 Å². The Morgan fingerprint density at radius 2 is 1.90 bits per heavy atom. The molecule has 2 rings (SSSR count). The quantitative estimate of drug-likeness (QED) is 0.732. The number of carbonyl (C=O) groups is 2. The fraction of sp³-hybridized carbons (Fsp3) is 0.500. The molecule has 0 radical (unpaired) electrons. The van der Waals surface area contributed by atoms with Crippen molar-refractivity contribution in [1.29, 1.82) is 0 Å². The van der Waals surface area contributed by atoms with Gasteiger partial charge in [-0.1, -0.05) is 23.4 Å². The Kier molecular flexibility index (Phi) is 7.42. The van der Waals surface area contributed by atoms with Gasteiger partial charge in [0.2, 0.25) is 5.91 Å². The highest BCUT2D eigenvalue weighted by molar-refractivity contribution is 5.91. The fourth-order valence-electron chi connectivity index (χ4n) is 2.93. The SMILES string of the molecule is CCN(Cc1ccccc1NC(=O)CCc1c(C)noc1C)C(=O)OC(C)(C)C. The molecule has 0 aliphatic rings. The number of ether oxygens (including phenoxy) is 1. The Bertz CT molecular complexity index is 832. The van der Waals surface area contributed by atoms with E-state index in [1.807, 2.05) is 65.8 Å². The predicted octanol–water partition coefficient (Wildman–Crippen LogP) is 4.62. The maximum Gasteiger partial charge on any atom is 0.410 e. The lowest BCUT2D eigenvalue weighted by Gasteiger charge is -2.27. The molecule has 1 N–H and O–H groups in total. The molecule has 1 aromatic carbocycles. The van der Waals surface area contributed by atoms with E-state index in [2.05, 4.69) is 10.5 Å². The molecule has 1 aromatic heterocycles. The van der Waals surface area contributed by atoms with E-state index < -0.39 is 5.60 Å². The van der Waals surface area contributed by atoms with Crippen molar-refractivity contribution in [1.82, 2.24) is 10.1 Å². The smallest absolute Gasteiger partial charge is 0.410 e. The molecule has 0 bridgehead atoms. The molecule has 158 valence electrons. The third-order valence-electron chi connectivity index (χ3n) is 4.47. The Hall–Kier alpha value is -2.83. The van der Waals surface area contributed by atoms with E-state index in [9.17, 15) is 9.59 Å². The first-order valence-electron chi connectivity index (χ1n) is 9.88. The zero-order valence-corrected chi connectivity index (χ0v) is 18.2. The third-order valence-corrected chi connectivity index (χ3v) is 4.47. The largest absolute Gasteiger partial charge is 0.444 e. The van der Waals surface area contributed by atoms with E-state index in [0.717, 1.165) is 22.6 Å². The molecule has 29 heavy (non-hydrogen) atoms. The number of amides is 2. The van der Waals surface area contributed by atoms with E-state index in [1.165, 1.54) is 0 Å². The lowest BCUT2D eigenvalue weighted by molar-refractivity contribution is -0.116. The number of hydrogen-bond donors (Lipinski definition) is 1. The van der Waals surface area contributed by atoms with Crippen LogP contribution in [0.25, 0.3) is 0 Å². The molecule has 0 saturated heterocycles. The average molecular weight is 402 g/mol. The maximum absolute atomic E-state index is 12.5. The molecular formula is C22H31N3O4. The summed E-state index contributed by atoms with van der Waals surface area (Å²) in [6.07, 6.45) is 0.508. The van der Waals surface area contributed by atoms with Crippen molar-refractivity contribution >= 4 is 17.7 Å². The number of para-hydroxylation sites is 1. The summed E-state index contributed by atoms with van der Waals surface area (Å²) in [5, 5.41) is 6.88. The van der Waals surface area contributed by atoms with Crippen molar-refractivity contribution in [2.45, 2.75) is 66.5 Å². The number of nitrogens with zero attached hydrogens (tertiary/aromatic N) is 2. The summed E-state index contributed by atoms with van der Waals surface area (Å²) >= 11 is 0. The van der Waals surface area contributed by atoms with Crippen molar-refractivity contribution < 1.29 is 18.8 Å². The van der Waals surface area contributed by atoms with Crippen molar-refractivity contribution in [2.24, 2.45) is 0 Å². The van der Waals surface area contributed by atoms with E-state index in [-0.39, 0.29) is 12.0 Å². The number of benzene rings is 1. The van der Waals surface area contributed by atoms with Gasteiger partial charge in [-0.05, 0) is 59.6 Å². The Labute approximate surface area is 172 Å². The average Bonchev–Trinajstić information content (AvgIpc) is 2.95. The van der Waals surface area contributed by atoms with Crippen LogP contribution < -0.4 is 5.32 Å². The van der Waals surface area contributed by atoms with E-state index >= 15 is 0 Å². The highest BCUT2D eigenvalue weighted by atomic mass is 16.6. The molecule has 0 spiro atoms. The van der Waals surface area contributed by atoms with E-state index in [0.29, 0.717) is 31.6 Å². The summed E-state index contributed by atoms with van der Waals surface area (Å²) in [6.45, 7) is 12.0. The minimum atomic E-state index is -0.559. The minimum Gasteiger partial charge on any atom is -0.444 e. The molecule has 0 aliphatic carbocycles. The van der Waals surface area contributed by atoms with Gasteiger partial charge in [-0.25, -0.2) is 4.79 Å². The number of nitrogens with one attached hydrogen (secondary N) is 1. The van der Waals surface area contributed by atoms with Crippen LogP contribution in [0.4, 0.5) is 10.5 Å². The summed E-state index contributed by atoms with van der Waals surface area (Å²) < 4.78 is 10.6. The fourth-order valence-corrected chi connectivity index (χ4v) is 2.93. The molecule has 1 heterocycles. The lowest BCUT2D eigenvalue weighted by atomic mass is 10.1. The second-order valence-corrected chi connectivity index (χ2v) is 8.00. The van der Waals surface area contributed by atoms with Crippen LogP contribution in [0.5, 0.6) is 0 Å². The van der Waals surface area contributed by atoms with Crippen molar-refractivity contribution in [3.8, 4) is 0 Å². The number of anilines is 1. The summed E-state index contributed by atoms with van der Waals surface area (Å²) in [6, 6.07) is 7.48. The van der Waals surface area contributed by atoms with Crippen LogP contribution >= 0.6 is 0 Å². The highest BCUT2D eigenvalue weighted by Crippen LogP contribution is 2.20. The van der Waals surface area contributed by atoms with Gasteiger partial charge in [-0.15, -0.1) is 0 Å². The zero-order chi connectivity index (χ0) is 21.6. The van der Waals surface area contributed by atoms with Gasteiger partial charge in [0.1, 0.15) is 11.4 Å². The van der Waals surface area contributed by atoms with Gasteiger partial charge >= 0.3 is 6.09 Å². The second-order valence-electron chi connectivity index (χ2n) is 8.00. The number of aryl methyl sites for hydroxylation is 2. The molecule has 2 aromatic rings. The number of hydrogen-bond acceptors (Lipinski definition) is 5. The van der Waals surface area contributed by atoms with Crippen LogP contribution in [0.1, 0.15) is 56.7 Å². The summed E-state index contributed by atoms with van der Waals surface area (Å²) in [5.74, 6) is 0.643. The minimum absolute atomic E-state index is 0.0993. The first kappa shape index (κ1) is 22.5. The first-order chi connectivity index (χ1) is 13.6. The van der Waals surface area contributed by atoms with Crippen molar-refractivity contribution in [3.63, 3.8) is 0 Å². The monoisotopic (exact) mass is 401 g/mol.